The second-order valence-corrected chi connectivity index (χ2v) is 4.19. The van der Waals surface area contributed by atoms with E-state index in [9.17, 15) is 0 Å². The summed E-state index contributed by atoms with van der Waals surface area (Å²) in [6, 6.07) is 7.91. The van der Waals surface area contributed by atoms with Gasteiger partial charge in [-0.3, -0.25) is 5.10 Å². The van der Waals surface area contributed by atoms with Gasteiger partial charge in [0.1, 0.15) is 0 Å². The third kappa shape index (κ3) is 2.84. The van der Waals surface area contributed by atoms with Gasteiger partial charge in [0.05, 0.1) is 0 Å². The van der Waals surface area contributed by atoms with E-state index < -0.39 is 0 Å². The minimum atomic E-state index is 0.787. The summed E-state index contributed by atoms with van der Waals surface area (Å²) in [5, 5.41) is 10.9. The molecule has 84 valence electrons. The van der Waals surface area contributed by atoms with E-state index in [1.807, 2.05) is 18.2 Å². The van der Waals surface area contributed by atoms with Crippen LogP contribution in [0.2, 0.25) is 5.02 Å². The second-order valence-electron chi connectivity index (χ2n) is 3.76. The number of H-pyrrole nitrogens is 1. The first-order valence-corrected chi connectivity index (χ1v) is 5.57. The Hall–Kier alpha value is -1.32. The number of nitrogens with one attached hydrogen (secondary N) is 2. The fourth-order valence-corrected chi connectivity index (χ4v) is 1.80. The van der Waals surface area contributed by atoms with Gasteiger partial charge >= 0.3 is 0 Å². The molecule has 2 aromatic rings. The lowest BCUT2D eigenvalue weighted by Crippen LogP contribution is -2.13. The van der Waals surface area contributed by atoms with Gasteiger partial charge in [-0.05, 0) is 36.2 Å². The highest BCUT2D eigenvalue weighted by molar-refractivity contribution is 6.30. The summed E-state index contributed by atoms with van der Waals surface area (Å²) in [7, 11) is 0. The van der Waals surface area contributed by atoms with Crippen molar-refractivity contribution in [1.29, 1.82) is 0 Å². The molecular weight excluding hydrogens is 222 g/mol. The number of rotatable bonds is 4. The fourth-order valence-electron chi connectivity index (χ4n) is 1.57. The van der Waals surface area contributed by atoms with Crippen LogP contribution in [0.1, 0.15) is 16.8 Å². The van der Waals surface area contributed by atoms with Crippen LogP contribution in [0.3, 0.4) is 0 Å². The van der Waals surface area contributed by atoms with Crippen LogP contribution in [0.4, 0.5) is 0 Å². The maximum absolute atomic E-state index is 5.90. The first kappa shape index (κ1) is 11.2. The van der Waals surface area contributed by atoms with Crippen LogP contribution in [-0.4, -0.2) is 10.2 Å². The van der Waals surface area contributed by atoms with E-state index in [-0.39, 0.29) is 0 Å². The Balaban J connectivity index is 1.90. The Morgan fingerprint density at radius 2 is 2.19 bits per heavy atom. The van der Waals surface area contributed by atoms with Gasteiger partial charge in [-0.1, -0.05) is 17.7 Å². The average molecular weight is 236 g/mol. The van der Waals surface area contributed by atoms with E-state index in [0.29, 0.717) is 0 Å². The van der Waals surface area contributed by atoms with Crippen LogP contribution in [0.25, 0.3) is 0 Å². The molecular formula is C12H14ClN3. The number of nitrogens with zero attached hydrogens (tertiary/aromatic N) is 1. The van der Waals surface area contributed by atoms with Crippen LogP contribution in [-0.2, 0) is 13.1 Å². The third-order valence-corrected chi connectivity index (χ3v) is 2.73. The number of aryl methyl sites for hydroxylation is 1. The largest absolute Gasteiger partial charge is 0.307 e. The number of hydrogen-bond donors (Lipinski definition) is 2. The SMILES string of the molecule is Cc1cc(Cl)ccc1CNCc1ccn[nH]1. The van der Waals surface area contributed by atoms with E-state index >= 15 is 0 Å². The monoisotopic (exact) mass is 235 g/mol. The summed E-state index contributed by atoms with van der Waals surface area (Å²) in [4.78, 5) is 0. The molecule has 0 amide bonds. The standard InChI is InChI=1S/C12H14ClN3/c1-9-6-11(13)3-2-10(9)7-14-8-12-4-5-15-16-12/h2-6,14H,7-8H2,1H3,(H,15,16). The molecule has 0 atom stereocenters. The summed E-state index contributed by atoms with van der Waals surface area (Å²) in [6.45, 7) is 3.70. The normalized spacial score (nSPS) is 10.6. The number of aromatic amines is 1. The van der Waals surface area contributed by atoms with Gasteiger partial charge in [-0.25, -0.2) is 0 Å². The lowest BCUT2D eigenvalue weighted by Gasteiger charge is -2.07. The minimum absolute atomic E-state index is 0.787. The van der Waals surface area contributed by atoms with Crippen molar-refractivity contribution in [3.63, 3.8) is 0 Å². The molecule has 0 fully saturated rings. The van der Waals surface area contributed by atoms with Crippen molar-refractivity contribution in [3.05, 3.63) is 52.3 Å². The Bertz CT molecular complexity index is 451. The van der Waals surface area contributed by atoms with Gasteiger partial charge in [-0.2, -0.15) is 5.10 Å². The van der Waals surface area contributed by atoms with E-state index in [4.69, 9.17) is 11.6 Å². The van der Waals surface area contributed by atoms with Crippen molar-refractivity contribution in [2.24, 2.45) is 0 Å². The highest BCUT2D eigenvalue weighted by Crippen LogP contribution is 2.14. The molecule has 0 aliphatic rings. The minimum Gasteiger partial charge on any atom is -0.307 e. The van der Waals surface area contributed by atoms with E-state index in [1.165, 1.54) is 11.1 Å². The molecule has 0 unspecified atom stereocenters. The molecule has 0 bridgehead atoms. The molecule has 0 spiro atoms. The molecule has 3 nitrogen and oxygen atoms in total. The highest BCUT2D eigenvalue weighted by Gasteiger charge is 1.99. The predicted molar refractivity (Wildman–Crippen MR) is 65.3 cm³/mol. The zero-order chi connectivity index (χ0) is 11.4. The first-order valence-electron chi connectivity index (χ1n) is 5.20. The van der Waals surface area contributed by atoms with E-state index in [1.54, 1.807) is 6.20 Å². The average Bonchev–Trinajstić information content (AvgIpc) is 2.74. The maximum Gasteiger partial charge on any atom is 0.0490 e. The summed E-state index contributed by atoms with van der Waals surface area (Å²) >= 11 is 5.90. The first-order chi connectivity index (χ1) is 7.75. The van der Waals surface area contributed by atoms with Gasteiger partial charge in [0.25, 0.3) is 0 Å². The molecule has 2 rings (SSSR count). The van der Waals surface area contributed by atoms with Crippen molar-refractivity contribution >= 4 is 11.6 Å². The zero-order valence-corrected chi connectivity index (χ0v) is 9.88. The van der Waals surface area contributed by atoms with Crippen LogP contribution in [0.5, 0.6) is 0 Å². The molecule has 1 aromatic heterocycles. The topological polar surface area (TPSA) is 40.7 Å². The van der Waals surface area contributed by atoms with E-state index in [0.717, 1.165) is 23.8 Å². The number of halogens is 1. The smallest absolute Gasteiger partial charge is 0.0490 e. The van der Waals surface area contributed by atoms with Crippen molar-refractivity contribution < 1.29 is 0 Å². The lowest BCUT2D eigenvalue weighted by molar-refractivity contribution is 0.675. The molecule has 1 heterocycles. The van der Waals surface area contributed by atoms with Gasteiger partial charge in [0, 0.05) is 30.0 Å². The Kier molecular flexibility index (Phi) is 3.59. The van der Waals surface area contributed by atoms with E-state index in [2.05, 4.69) is 28.5 Å². The van der Waals surface area contributed by atoms with Crippen molar-refractivity contribution in [1.82, 2.24) is 15.5 Å². The highest BCUT2D eigenvalue weighted by atomic mass is 35.5. The van der Waals surface area contributed by atoms with Crippen molar-refractivity contribution in [3.8, 4) is 0 Å². The predicted octanol–water partition coefficient (Wildman–Crippen LogP) is 2.66. The quantitative estimate of drug-likeness (QED) is 0.856. The second kappa shape index (κ2) is 5.14. The van der Waals surface area contributed by atoms with Gasteiger partial charge in [0.15, 0.2) is 0 Å². The molecule has 16 heavy (non-hydrogen) atoms. The third-order valence-electron chi connectivity index (χ3n) is 2.49. The molecule has 0 saturated heterocycles. The van der Waals surface area contributed by atoms with Crippen LogP contribution >= 0.6 is 11.6 Å². The fraction of sp³-hybridized carbons (Fsp3) is 0.250. The Morgan fingerprint density at radius 3 is 2.88 bits per heavy atom. The van der Waals surface area contributed by atoms with Crippen molar-refractivity contribution in [2.45, 2.75) is 20.0 Å². The maximum atomic E-state index is 5.90. The number of benzene rings is 1. The molecule has 2 N–H and O–H groups in total. The molecule has 0 aliphatic heterocycles. The lowest BCUT2D eigenvalue weighted by atomic mass is 10.1. The van der Waals surface area contributed by atoms with Gasteiger partial charge < -0.3 is 5.32 Å². The zero-order valence-electron chi connectivity index (χ0n) is 9.13. The van der Waals surface area contributed by atoms with Crippen LogP contribution < -0.4 is 5.32 Å². The van der Waals surface area contributed by atoms with Crippen molar-refractivity contribution in [2.75, 3.05) is 0 Å². The van der Waals surface area contributed by atoms with Gasteiger partial charge in [0.2, 0.25) is 0 Å². The summed E-state index contributed by atoms with van der Waals surface area (Å²) < 4.78 is 0. The summed E-state index contributed by atoms with van der Waals surface area (Å²) in [6.07, 6.45) is 1.75. The Labute approximate surface area is 99.8 Å². The molecule has 0 aliphatic carbocycles. The number of hydrogen-bond acceptors (Lipinski definition) is 2. The summed E-state index contributed by atoms with van der Waals surface area (Å²) in [5.41, 5.74) is 3.57. The summed E-state index contributed by atoms with van der Waals surface area (Å²) in [5.74, 6) is 0. The van der Waals surface area contributed by atoms with Crippen LogP contribution in [0.15, 0.2) is 30.5 Å². The van der Waals surface area contributed by atoms with Gasteiger partial charge in [-0.15, -0.1) is 0 Å². The number of aromatic nitrogens is 2. The Morgan fingerprint density at radius 1 is 1.31 bits per heavy atom. The molecule has 0 radical (unpaired) electrons. The molecule has 0 saturated carbocycles. The molecule has 1 aromatic carbocycles. The van der Waals surface area contributed by atoms with Crippen LogP contribution in [0, 0.1) is 6.92 Å². The molecule has 4 heteroatoms.